The molecule has 25 heavy (non-hydrogen) atoms. The Hall–Kier alpha value is -2.69. The van der Waals surface area contributed by atoms with E-state index in [0.717, 1.165) is 22.6 Å². The summed E-state index contributed by atoms with van der Waals surface area (Å²) in [5.41, 5.74) is 2.14. The Morgan fingerprint density at radius 3 is 2.16 bits per heavy atom. The number of nitrogens with zero attached hydrogens (tertiary/aromatic N) is 1. The quantitative estimate of drug-likeness (QED) is 0.763. The van der Waals surface area contributed by atoms with Crippen molar-refractivity contribution in [1.29, 1.82) is 0 Å². The molecule has 0 spiro atoms. The standard InChI is InChI=1S/C20H23NO4/c1-3-23-18-10-6-17(7-11-18)14-24-19-8-4-16(5-9-19)13-21-12-15(2)25-20(21)22/h4-11,15H,3,12-14H2,1-2H3. The molecule has 0 saturated carbocycles. The Balaban J connectivity index is 1.51. The molecule has 1 amide bonds. The van der Waals surface area contributed by atoms with E-state index in [1.54, 1.807) is 4.90 Å². The maximum atomic E-state index is 11.7. The van der Waals surface area contributed by atoms with Gasteiger partial charge >= 0.3 is 6.09 Å². The number of carbonyl (C=O) groups is 1. The van der Waals surface area contributed by atoms with Crippen molar-refractivity contribution in [3.05, 3.63) is 59.7 Å². The van der Waals surface area contributed by atoms with Gasteiger partial charge in [0, 0.05) is 6.54 Å². The van der Waals surface area contributed by atoms with Crippen molar-refractivity contribution >= 4 is 6.09 Å². The van der Waals surface area contributed by atoms with Crippen molar-refractivity contribution < 1.29 is 19.0 Å². The van der Waals surface area contributed by atoms with Crippen LogP contribution < -0.4 is 9.47 Å². The molecule has 0 aliphatic carbocycles. The van der Waals surface area contributed by atoms with Crippen molar-refractivity contribution in [2.75, 3.05) is 13.2 Å². The van der Waals surface area contributed by atoms with Gasteiger partial charge in [0.15, 0.2) is 0 Å². The topological polar surface area (TPSA) is 48.0 Å². The molecule has 1 fully saturated rings. The lowest BCUT2D eigenvalue weighted by molar-refractivity contribution is 0.137. The number of hydrogen-bond acceptors (Lipinski definition) is 4. The van der Waals surface area contributed by atoms with Gasteiger partial charge in [0.25, 0.3) is 0 Å². The second-order valence-electron chi connectivity index (χ2n) is 6.08. The average molecular weight is 341 g/mol. The molecule has 2 aromatic carbocycles. The molecule has 0 radical (unpaired) electrons. The first-order chi connectivity index (χ1) is 12.1. The first-order valence-corrected chi connectivity index (χ1v) is 8.53. The molecule has 1 heterocycles. The van der Waals surface area contributed by atoms with Gasteiger partial charge < -0.3 is 19.1 Å². The third-order valence-electron chi connectivity index (χ3n) is 3.97. The van der Waals surface area contributed by atoms with E-state index in [2.05, 4.69) is 0 Å². The Morgan fingerprint density at radius 2 is 1.60 bits per heavy atom. The van der Waals surface area contributed by atoms with Crippen molar-refractivity contribution in [2.45, 2.75) is 33.1 Å². The van der Waals surface area contributed by atoms with Crippen molar-refractivity contribution in [2.24, 2.45) is 0 Å². The molecule has 0 N–H and O–H groups in total. The Bertz CT molecular complexity index is 697. The minimum Gasteiger partial charge on any atom is -0.494 e. The summed E-state index contributed by atoms with van der Waals surface area (Å²) in [6.07, 6.45) is -0.285. The molecule has 1 aliphatic rings. The van der Waals surface area contributed by atoms with Crippen LogP contribution in [0.1, 0.15) is 25.0 Å². The third-order valence-corrected chi connectivity index (χ3v) is 3.97. The van der Waals surface area contributed by atoms with Crippen LogP contribution in [-0.2, 0) is 17.9 Å². The highest BCUT2D eigenvalue weighted by Crippen LogP contribution is 2.19. The second-order valence-corrected chi connectivity index (χ2v) is 6.08. The molecule has 1 atom stereocenters. The van der Waals surface area contributed by atoms with E-state index in [0.29, 0.717) is 26.3 Å². The lowest BCUT2D eigenvalue weighted by Gasteiger charge is -2.13. The Morgan fingerprint density at radius 1 is 1.00 bits per heavy atom. The smallest absolute Gasteiger partial charge is 0.410 e. The van der Waals surface area contributed by atoms with Gasteiger partial charge in [0.1, 0.15) is 24.2 Å². The maximum absolute atomic E-state index is 11.7. The first kappa shape index (κ1) is 17.1. The van der Waals surface area contributed by atoms with E-state index in [1.807, 2.05) is 62.4 Å². The highest BCUT2D eigenvalue weighted by atomic mass is 16.6. The molecule has 5 nitrogen and oxygen atoms in total. The van der Waals surface area contributed by atoms with Gasteiger partial charge in [-0.2, -0.15) is 0 Å². The molecule has 3 rings (SSSR count). The molecule has 1 unspecified atom stereocenters. The monoisotopic (exact) mass is 341 g/mol. The van der Waals surface area contributed by atoms with Gasteiger partial charge in [-0.15, -0.1) is 0 Å². The average Bonchev–Trinajstić information content (AvgIpc) is 2.93. The molecule has 0 aromatic heterocycles. The van der Waals surface area contributed by atoms with E-state index in [-0.39, 0.29) is 12.2 Å². The van der Waals surface area contributed by atoms with Crippen molar-refractivity contribution in [3.8, 4) is 11.5 Å². The van der Waals surface area contributed by atoms with Crippen LogP contribution in [0.2, 0.25) is 0 Å². The van der Waals surface area contributed by atoms with Crippen LogP contribution in [-0.4, -0.2) is 30.2 Å². The number of carbonyl (C=O) groups excluding carboxylic acids is 1. The molecule has 132 valence electrons. The van der Waals surface area contributed by atoms with Crippen molar-refractivity contribution in [3.63, 3.8) is 0 Å². The summed E-state index contributed by atoms with van der Waals surface area (Å²) in [5, 5.41) is 0. The zero-order chi connectivity index (χ0) is 17.6. The zero-order valence-electron chi connectivity index (χ0n) is 14.6. The van der Waals surface area contributed by atoms with Gasteiger partial charge in [-0.25, -0.2) is 4.79 Å². The summed E-state index contributed by atoms with van der Waals surface area (Å²) in [6.45, 7) is 6.22. The lowest BCUT2D eigenvalue weighted by atomic mass is 10.2. The fourth-order valence-corrected chi connectivity index (χ4v) is 2.72. The van der Waals surface area contributed by atoms with Crippen LogP contribution >= 0.6 is 0 Å². The number of amides is 1. The lowest BCUT2D eigenvalue weighted by Crippen LogP contribution is -2.24. The highest BCUT2D eigenvalue weighted by molar-refractivity contribution is 5.69. The predicted octanol–water partition coefficient (Wildman–Crippen LogP) is 4.01. The van der Waals surface area contributed by atoms with Crippen LogP contribution in [0, 0.1) is 0 Å². The van der Waals surface area contributed by atoms with Gasteiger partial charge in [0.2, 0.25) is 0 Å². The van der Waals surface area contributed by atoms with E-state index < -0.39 is 0 Å². The van der Waals surface area contributed by atoms with Gasteiger partial charge in [-0.1, -0.05) is 24.3 Å². The molecule has 1 aliphatic heterocycles. The molecule has 1 saturated heterocycles. The number of benzene rings is 2. The SMILES string of the molecule is CCOc1ccc(COc2ccc(CN3CC(C)OC3=O)cc2)cc1. The highest BCUT2D eigenvalue weighted by Gasteiger charge is 2.27. The maximum Gasteiger partial charge on any atom is 0.410 e. The van der Waals surface area contributed by atoms with Crippen LogP contribution in [0.25, 0.3) is 0 Å². The summed E-state index contributed by atoms with van der Waals surface area (Å²) in [5.74, 6) is 1.67. The van der Waals surface area contributed by atoms with E-state index >= 15 is 0 Å². The molecular formula is C20H23NO4. The zero-order valence-corrected chi connectivity index (χ0v) is 14.6. The second kappa shape index (κ2) is 7.92. The largest absolute Gasteiger partial charge is 0.494 e. The van der Waals surface area contributed by atoms with Crippen LogP contribution in [0.5, 0.6) is 11.5 Å². The summed E-state index contributed by atoms with van der Waals surface area (Å²) < 4.78 is 16.4. The van der Waals surface area contributed by atoms with E-state index in [4.69, 9.17) is 14.2 Å². The van der Waals surface area contributed by atoms with Crippen LogP contribution in [0.15, 0.2) is 48.5 Å². The number of rotatable bonds is 7. The molecule has 0 bridgehead atoms. The Kier molecular flexibility index (Phi) is 5.43. The fourth-order valence-electron chi connectivity index (χ4n) is 2.72. The minimum absolute atomic E-state index is 0.0378. The van der Waals surface area contributed by atoms with Gasteiger partial charge in [-0.3, -0.25) is 0 Å². The van der Waals surface area contributed by atoms with Gasteiger partial charge in [0.05, 0.1) is 13.2 Å². The molecule has 5 heteroatoms. The van der Waals surface area contributed by atoms with E-state index in [1.165, 1.54) is 0 Å². The normalized spacial score (nSPS) is 16.6. The number of ether oxygens (including phenoxy) is 3. The Labute approximate surface area is 148 Å². The summed E-state index contributed by atoms with van der Waals surface area (Å²) in [6, 6.07) is 15.7. The summed E-state index contributed by atoms with van der Waals surface area (Å²) in [4.78, 5) is 13.4. The van der Waals surface area contributed by atoms with Crippen molar-refractivity contribution in [1.82, 2.24) is 4.90 Å². The molecular weight excluding hydrogens is 318 g/mol. The van der Waals surface area contributed by atoms with E-state index in [9.17, 15) is 4.79 Å². The molecule has 2 aromatic rings. The fraction of sp³-hybridized carbons (Fsp3) is 0.350. The third kappa shape index (κ3) is 4.66. The van der Waals surface area contributed by atoms with Crippen LogP contribution in [0.4, 0.5) is 4.79 Å². The minimum atomic E-state index is -0.247. The van der Waals surface area contributed by atoms with Gasteiger partial charge in [-0.05, 0) is 49.2 Å². The predicted molar refractivity (Wildman–Crippen MR) is 94.7 cm³/mol. The summed E-state index contributed by atoms with van der Waals surface area (Å²) in [7, 11) is 0. The first-order valence-electron chi connectivity index (χ1n) is 8.53. The number of hydrogen-bond donors (Lipinski definition) is 0. The number of cyclic esters (lactones) is 1. The summed E-state index contributed by atoms with van der Waals surface area (Å²) >= 11 is 0. The van der Waals surface area contributed by atoms with Crippen LogP contribution in [0.3, 0.4) is 0 Å².